The van der Waals surface area contributed by atoms with Crippen LogP contribution in [0.5, 0.6) is 0 Å². The van der Waals surface area contributed by atoms with Crippen molar-refractivity contribution in [3.8, 4) is 0 Å². The standard InChI is InChI=1S/C28H52O4.2Na.2H/c1-3-5-7-9-11-13-15-17-21-25(27(29)30)23-19-20-24-26(28(31)32)22-18-16-14-12-10-8-6-4-2;;;;/h3,25-26H,1,4-24H2,2H3,(H,29,30)(H,31,32);;;;/q;2*+1;2*-1. The molecule has 0 rings (SSSR count). The molecular weight excluding hydrogens is 446 g/mol. The van der Waals surface area contributed by atoms with Crippen LogP contribution in [0.4, 0.5) is 0 Å². The summed E-state index contributed by atoms with van der Waals surface area (Å²) in [7, 11) is 0. The third-order valence-corrected chi connectivity index (χ3v) is 6.67. The van der Waals surface area contributed by atoms with Crippen LogP contribution in [0.25, 0.3) is 0 Å². The number of aliphatic carboxylic acids is 2. The van der Waals surface area contributed by atoms with Crippen LogP contribution in [-0.2, 0) is 9.59 Å². The Morgan fingerprint density at radius 2 is 0.912 bits per heavy atom. The van der Waals surface area contributed by atoms with E-state index < -0.39 is 11.9 Å². The largest absolute Gasteiger partial charge is 1.00 e. The third-order valence-electron chi connectivity index (χ3n) is 6.67. The van der Waals surface area contributed by atoms with Crippen LogP contribution in [0.3, 0.4) is 0 Å². The van der Waals surface area contributed by atoms with Crippen LogP contribution in [-0.4, -0.2) is 22.2 Å². The summed E-state index contributed by atoms with van der Waals surface area (Å²) in [4.78, 5) is 23.1. The molecule has 0 heterocycles. The molecule has 0 bridgehead atoms. The number of unbranched alkanes of at least 4 members (excludes halogenated alkanes) is 14. The number of carboxylic acid groups (broad SMARTS) is 2. The van der Waals surface area contributed by atoms with Crippen molar-refractivity contribution >= 4 is 11.9 Å². The topological polar surface area (TPSA) is 74.6 Å². The van der Waals surface area contributed by atoms with Crippen molar-refractivity contribution in [2.45, 2.75) is 142 Å². The molecule has 2 unspecified atom stereocenters. The summed E-state index contributed by atoms with van der Waals surface area (Å²) in [5, 5.41) is 19.0. The molecule has 0 aliphatic rings. The first kappa shape index (κ1) is 39.2. The van der Waals surface area contributed by atoms with E-state index in [0.717, 1.165) is 57.8 Å². The smallest absolute Gasteiger partial charge is 1.00 e. The minimum atomic E-state index is -0.690. The molecule has 0 saturated carbocycles. The van der Waals surface area contributed by atoms with Gasteiger partial charge in [0.1, 0.15) is 0 Å². The summed E-state index contributed by atoms with van der Waals surface area (Å²) in [5.41, 5.74) is 0. The zero-order valence-electron chi connectivity index (χ0n) is 25.0. The van der Waals surface area contributed by atoms with Gasteiger partial charge in [0.25, 0.3) is 0 Å². The molecule has 0 aromatic rings. The third kappa shape index (κ3) is 25.8. The Labute approximate surface area is 258 Å². The van der Waals surface area contributed by atoms with Gasteiger partial charge in [0.15, 0.2) is 0 Å². The van der Waals surface area contributed by atoms with Crippen LogP contribution in [0, 0.1) is 11.8 Å². The van der Waals surface area contributed by atoms with Crippen molar-refractivity contribution in [3.05, 3.63) is 12.7 Å². The minimum Gasteiger partial charge on any atom is -1.00 e. The summed E-state index contributed by atoms with van der Waals surface area (Å²) in [5.74, 6) is -1.91. The predicted octanol–water partition coefficient (Wildman–Crippen LogP) is 3.02. The molecule has 0 aromatic heterocycles. The van der Waals surface area contributed by atoms with Gasteiger partial charge < -0.3 is 13.1 Å². The number of carbonyl (C=O) groups is 2. The molecule has 6 heteroatoms. The van der Waals surface area contributed by atoms with E-state index in [4.69, 9.17) is 0 Å². The molecule has 0 saturated heterocycles. The van der Waals surface area contributed by atoms with E-state index in [-0.39, 0.29) is 73.8 Å². The summed E-state index contributed by atoms with van der Waals surface area (Å²) >= 11 is 0. The first-order chi connectivity index (χ1) is 15.5. The Hall–Kier alpha value is 0.680. The summed E-state index contributed by atoms with van der Waals surface area (Å²) in [6, 6.07) is 0. The Bertz CT molecular complexity index is 482. The molecule has 2 N–H and O–H groups in total. The van der Waals surface area contributed by atoms with Gasteiger partial charge in [-0.25, -0.2) is 0 Å². The van der Waals surface area contributed by atoms with Crippen LogP contribution >= 0.6 is 0 Å². The summed E-state index contributed by atoms with van der Waals surface area (Å²) in [6.45, 7) is 5.96. The summed E-state index contributed by atoms with van der Waals surface area (Å²) in [6.07, 6.45) is 24.3. The molecule has 2 atom stereocenters. The van der Waals surface area contributed by atoms with Crippen LogP contribution < -0.4 is 59.1 Å². The maximum Gasteiger partial charge on any atom is 1.00 e. The predicted molar refractivity (Wildman–Crippen MR) is 137 cm³/mol. The fraction of sp³-hybridized carbons (Fsp3) is 0.857. The Morgan fingerprint density at radius 3 is 1.24 bits per heavy atom. The van der Waals surface area contributed by atoms with Crippen molar-refractivity contribution < 1.29 is 81.8 Å². The van der Waals surface area contributed by atoms with E-state index in [1.807, 2.05) is 6.08 Å². The maximum absolute atomic E-state index is 11.6. The molecule has 0 fully saturated rings. The van der Waals surface area contributed by atoms with Gasteiger partial charge in [-0.3, -0.25) is 9.59 Å². The van der Waals surface area contributed by atoms with E-state index in [9.17, 15) is 19.8 Å². The molecule has 0 amide bonds. The van der Waals surface area contributed by atoms with Crippen LogP contribution in [0.2, 0.25) is 0 Å². The maximum atomic E-state index is 11.6. The number of carboxylic acids is 2. The molecule has 34 heavy (non-hydrogen) atoms. The van der Waals surface area contributed by atoms with Crippen LogP contribution in [0.1, 0.15) is 145 Å². The van der Waals surface area contributed by atoms with Gasteiger partial charge in [-0.2, -0.15) is 0 Å². The van der Waals surface area contributed by atoms with E-state index in [1.54, 1.807) is 0 Å². The van der Waals surface area contributed by atoms with E-state index in [2.05, 4.69) is 13.5 Å². The quantitative estimate of drug-likeness (QED) is 0.115. The molecule has 0 aromatic carbocycles. The Balaban J connectivity index is -0.000000801. The number of rotatable bonds is 25. The van der Waals surface area contributed by atoms with E-state index >= 15 is 0 Å². The Morgan fingerprint density at radius 1 is 0.618 bits per heavy atom. The monoisotopic (exact) mass is 500 g/mol. The van der Waals surface area contributed by atoms with Gasteiger partial charge in [-0.15, -0.1) is 6.58 Å². The van der Waals surface area contributed by atoms with E-state index in [1.165, 1.54) is 64.2 Å². The molecule has 0 spiro atoms. The average Bonchev–Trinajstić information content (AvgIpc) is 2.76. The molecule has 0 radical (unpaired) electrons. The number of hydrogen-bond donors (Lipinski definition) is 2. The zero-order valence-corrected chi connectivity index (χ0v) is 27.0. The first-order valence-corrected chi connectivity index (χ1v) is 13.6. The average molecular weight is 501 g/mol. The van der Waals surface area contributed by atoms with E-state index in [0.29, 0.717) is 12.8 Å². The second-order valence-electron chi connectivity index (χ2n) is 9.61. The van der Waals surface area contributed by atoms with Gasteiger partial charge in [0.2, 0.25) is 0 Å². The van der Waals surface area contributed by atoms with Gasteiger partial charge in [0.05, 0.1) is 11.8 Å². The van der Waals surface area contributed by atoms with Gasteiger partial charge in [0, 0.05) is 0 Å². The summed E-state index contributed by atoms with van der Waals surface area (Å²) < 4.78 is 0. The van der Waals surface area contributed by atoms with Crippen molar-refractivity contribution in [1.82, 2.24) is 0 Å². The second kappa shape index (κ2) is 29.9. The number of hydrogen-bond acceptors (Lipinski definition) is 2. The van der Waals surface area contributed by atoms with Crippen molar-refractivity contribution in [3.63, 3.8) is 0 Å². The first-order valence-electron chi connectivity index (χ1n) is 13.6. The zero-order chi connectivity index (χ0) is 23.9. The van der Waals surface area contributed by atoms with Gasteiger partial charge in [-0.1, -0.05) is 109 Å². The van der Waals surface area contributed by atoms with Crippen molar-refractivity contribution in [2.24, 2.45) is 11.8 Å². The SMILES string of the molecule is C=CCCCCCCCCC(CCCCC(CCCCCCCCCC)C(=O)O)C(=O)O.[H-].[H-].[Na+].[Na+]. The van der Waals surface area contributed by atoms with Crippen LogP contribution in [0.15, 0.2) is 12.7 Å². The fourth-order valence-corrected chi connectivity index (χ4v) is 4.48. The fourth-order valence-electron chi connectivity index (χ4n) is 4.48. The normalized spacial score (nSPS) is 12.3. The van der Waals surface area contributed by atoms with Crippen molar-refractivity contribution in [2.75, 3.05) is 0 Å². The molecule has 4 nitrogen and oxygen atoms in total. The second-order valence-corrected chi connectivity index (χ2v) is 9.61. The van der Waals surface area contributed by atoms with Gasteiger partial charge in [-0.05, 0) is 38.5 Å². The molecule has 192 valence electrons. The molecule has 0 aliphatic carbocycles. The number of allylic oxidation sites excluding steroid dienone is 1. The molecule has 0 aliphatic heterocycles. The minimum absolute atomic E-state index is 0. The molecular formula is C28H54Na2O4. The van der Waals surface area contributed by atoms with Gasteiger partial charge >= 0.3 is 71.1 Å². The Kier molecular flexibility index (Phi) is 34.5. The van der Waals surface area contributed by atoms with Crippen molar-refractivity contribution in [1.29, 1.82) is 0 Å².